The molecule has 2 fully saturated rings. The zero-order valence-corrected chi connectivity index (χ0v) is 12.2. The Hall–Kier alpha value is -0.690. The normalized spacial score (nSPS) is 25.7. The van der Waals surface area contributed by atoms with E-state index < -0.39 is 12.0 Å². The molecule has 2 aliphatic rings. The van der Waals surface area contributed by atoms with Crippen molar-refractivity contribution in [3.63, 3.8) is 0 Å². The van der Waals surface area contributed by atoms with Crippen LogP contribution in [0.25, 0.3) is 0 Å². The number of likely N-dealkylation sites (tertiary alicyclic amines) is 1. The molecule has 2 heterocycles. The molecular weight excluding hydrogens is 260 g/mol. The summed E-state index contributed by atoms with van der Waals surface area (Å²) in [5.41, 5.74) is 5.10. The maximum atomic E-state index is 10.8. The maximum absolute atomic E-state index is 10.8. The average molecular weight is 286 g/mol. The van der Waals surface area contributed by atoms with Crippen LogP contribution in [0.3, 0.4) is 0 Å². The van der Waals surface area contributed by atoms with Gasteiger partial charge in [-0.3, -0.25) is 4.79 Å². The zero-order chi connectivity index (χ0) is 14.6. The number of nitrogens with zero attached hydrogens (tertiary/aromatic N) is 1. The summed E-state index contributed by atoms with van der Waals surface area (Å²) in [6.07, 6.45) is 2.09. The van der Waals surface area contributed by atoms with Gasteiger partial charge in [0.2, 0.25) is 5.91 Å². The molecule has 6 heteroatoms. The predicted octanol–water partition coefficient (Wildman–Crippen LogP) is 0.0878. The summed E-state index contributed by atoms with van der Waals surface area (Å²) in [6, 6.07) is 0. The predicted molar refractivity (Wildman–Crippen MR) is 73.9 cm³/mol. The smallest absolute Gasteiger partial charge is 0.220 e. The molecule has 1 spiro atoms. The number of ether oxygens (including phenoxy) is 2. The summed E-state index contributed by atoms with van der Waals surface area (Å²) in [5.74, 6) is -0.690. The van der Waals surface area contributed by atoms with Gasteiger partial charge in [0.05, 0.1) is 25.7 Å². The van der Waals surface area contributed by atoms with Crippen molar-refractivity contribution in [2.75, 3.05) is 32.8 Å². The van der Waals surface area contributed by atoms with Crippen LogP contribution in [0.5, 0.6) is 0 Å². The Morgan fingerprint density at radius 2 is 1.95 bits per heavy atom. The van der Waals surface area contributed by atoms with Gasteiger partial charge in [0.15, 0.2) is 5.79 Å². The molecule has 2 rings (SSSR count). The third-order valence-corrected chi connectivity index (χ3v) is 4.40. The van der Waals surface area contributed by atoms with E-state index in [0.717, 1.165) is 38.9 Å². The molecule has 0 aliphatic carbocycles. The van der Waals surface area contributed by atoms with E-state index in [2.05, 4.69) is 4.90 Å². The lowest BCUT2D eigenvalue weighted by Crippen LogP contribution is -2.45. The van der Waals surface area contributed by atoms with Crippen molar-refractivity contribution in [1.29, 1.82) is 0 Å². The number of amides is 1. The third kappa shape index (κ3) is 4.15. The first-order valence-electron chi connectivity index (χ1n) is 7.47. The second kappa shape index (κ2) is 6.85. The molecule has 20 heavy (non-hydrogen) atoms. The molecule has 2 saturated heterocycles. The molecule has 2 aliphatic heterocycles. The molecule has 0 radical (unpaired) electrons. The second-order valence-electron chi connectivity index (χ2n) is 5.95. The highest BCUT2D eigenvalue weighted by Crippen LogP contribution is 2.31. The number of nitrogens with two attached hydrogens (primary N) is 1. The Bertz CT molecular complexity index is 321. The van der Waals surface area contributed by atoms with Gasteiger partial charge in [-0.05, 0) is 18.9 Å². The summed E-state index contributed by atoms with van der Waals surface area (Å²) in [7, 11) is 0. The van der Waals surface area contributed by atoms with Gasteiger partial charge in [-0.25, -0.2) is 0 Å². The minimum atomic E-state index is -0.634. The van der Waals surface area contributed by atoms with E-state index in [1.807, 2.05) is 6.92 Å². The lowest BCUT2D eigenvalue weighted by Gasteiger charge is -2.38. The number of hydrogen-bond donors (Lipinski definition) is 2. The zero-order valence-electron chi connectivity index (χ0n) is 12.2. The largest absolute Gasteiger partial charge is 0.392 e. The Morgan fingerprint density at radius 3 is 2.50 bits per heavy atom. The second-order valence-corrected chi connectivity index (χ2v) is 5.95. The number of carbonyl (C=O) groups is 1. The number of aliphatic hydroxyl groups excluding tert-OH is 1. The van der Waals surface area contributed by atoms with Crippen LogP contribution in [0.4, 0.5) is 0 Å². The van der Waals surface area contributed by atoms with Crippen LogP contribution in [0, 0.1) is 5.92 Å². The van der Waals surface area contributed by atoms with E-state index in [4.69, 9.17) is 15.2 Å². The van der Waals surface area contributed by atoms with E-state index in [9.17, 15) is 9.90 Å². The standard InChI is InChI=1S/C14H26N2O4/c1-11(12(17)10-13(15)18)2-5-16-6-3-14(4-7-16)19-8-9-20-14/h11-12,17H,2-10H2,1H3,(H2,15,18)/t11-,12+/m1/s1. The van der Waals surface area contributed by atoms with E-state index >= 15 is 0 Å². The van der Waals surface area contributed by atoms with Crippen LogP contribution in [-0.2, 0) is 14.3 Å². The fourth-order valence-corrected chi connectivity index (χ4v) is 2.89. The minimum Gasteiger partial charge on any atom is -0.392 e. The molecule has 0 bridgehead atoms. The molecule has 6 nitrogen and oxygen atoms in total. The Labute approximate surface area is 120 Å². The first kappa shape index (κ1) is 15.7. The molecule has 0 unspecified atom stereocenters. The summed E-state index contributed by atoms with van der Waals surface area (Å²) in [6.45, 7) is 6.21. The van der Waals surface area contributed by atoms with Crippen molar-refractivity contribution in [2.45, 2.75) is 44.5 Å². The van der Waals surface area contributed by atoms with Gasteiger partial charge >= 0.3 is 0 Å². The van der Waals surface area contributed by atoms with Gasteiger partial charge in [0.1, 0.15) is 0 Å². The average Bonchev–Trinajstić information content (AvgIpc) is 2.85. The van der Waals surface area contributed by atoms with Gasteiger partial charge in [-0.1, -0.05) is 6.92 Å². The summed E-state index contributed by atoms with van der Waals surface area (Å²) in [4.78, 5) is 13.2. The number of piperidine rings is 1. The maximum Gasteiger partial charge on any atom is 0.220 e. The molecule has 0 aromatic heterocycles. The lowest BCUT2D eigenvalue weighted by molar-refractivity contribution is -0.185. The van der Waals surface area contributed by atoms with E-state index in [-0.39, 0.29) is 18.1 Å². The highest BCUT2D eigenvalue weighted by molar-refractivity contribution is 5.74. The van der Waals surface area contributed by atoms with Gasteiger partial charge < -0.3 is 25.2 Å². The molecule has 0 aromatic rings. The molecule has 0 aromatic carbocycles. The molecule has 0 saturated carbocycles. The van der Waals surface area contributed by atoms with Crippen molar-refractivity contribution in [3.05, 3.63) is 0 Å². The monoisotopic (exact) mass is 286 g/mol. The Kier molecular flexibility index (Phi) is 5.37. The Morgan fingerprint density at radius 1 is 1.35 bits per heavy atom. The van der Waals surface area contributed by atoms with Gasteiger partial charge in [0, 0.05) is 25.9 Å². The van der Waals surface area contributed by atoms with Crippen LogP contribution in [0.2, 0.25) is 0 Å². The quantitative estimate of drug-likeness (QED) is 0.723. The first-order valence-corrected chi connectivity index (χ1v) is 7.47. The van der Waals surface area contributed by atoms with Crippen LogP contribution in [0.1, 0.15) is 32.6 Å². The molecular formula is C14H26N2O4. The van der Waals surface area contributed by atoms with E-state index in [1.165, 1.54) is 0 Å². The van der Waals surface area contributed by atoms with Crippen LogP contribution < -0.4 is 5.73 Å². The van der Waals surface area contributed by atoms with E-state index in [0.29, 0.717) is 13.2 Å². The van der Waals surface area contributed by atoms with Crippen molar-refractivity contribution in [3.8, 4) is 0 Å². The molecule has 3 N–H and O–H groups in total. The van der Waals surface area contributed by atoms with Crippen molar-refractivity contribution in [1.82, 2.24) is 4.90 Å². The van der Waals surface area contributed by atoms with Crippen molar-refractivity contribution in [2.24, 2.45) is 11.7 Å². The molecule has 1 amide bonds. The number of aliphatic hydroxyl groups is 1. The third-order valence-electron chi connectivity index (χ3n) is 4.40. The fraction of sp³-hybridized carbons (Fsp3) is 0.929. The Balaban J connectivity index is 1.66. The minimum absolute atomic E-state index is 0.0476. The number of rotatable bonds is 6. The molecule has 116 valence electrons. The van der Waals surface area contributed by atoms with Gasteiger partial charge in [0.25, 0.3) is 0 Å². The van der Waals surface area contributed by atoms with Gasteiger partial charge in [-0.2, -0.15) is 0 Å². The SMILES string of the molecule is C[C@H](CCN1CCC2(CC1)OCCO2)[C@@H](O)CC(N)=O. The first-order chi connectivity index (χ1) is 9.51. The molecule has 2 atom stereocenters. The summed E-state index contributed by atoms with van der Waals surface area (Å²) >= 11 is 0. The van der Waals surface area contributed by atoms with Crippen LogP contribution in [-0.4, -0.2) is 60.7 Å². The highest BCUT2D eigenvalue weighted by atomic mass is 16.7. The summed E-state index contributed by atoms with van der Waals surface area (Å²) < 4.78 is 11.4. The summed E-state index contributed by atoms with van der Waals surface area (Å²) in [5, 5.41) is 9.83. The topological polar surface area (TPSA) is 85.0 Å². The lowest BCUT2D eigenvalue weighted by atomic mass is 9.96. The number of hydrogen-bond acceptors (Lipinski definition) is 5. The number of primary amides is 1. The number of carbonyl (C=O) groups excluding carboxylic acids is 1. The fourth-order valence-electron chi connectivity index (χ4n) is 2.89. The van der Waals surface area contributed by atoms with Crippen molar-refractivity contribution >= 4 is 5.91 Å². The van der Waals surface area contributed by atoms with E-state index in [1.54, 1.807) is 0 Å². The van der Waals surface area contributed by atoms with Crippen LogP contribution in [0.15, 0.2) is 0 Å². The van der Waals surface area contributed by atoms with Gasteiger partial charge in [-0.15, -0.1) is 0 Å². The highest BCUT2D eigenvalue weighted by Gasteiger charge is 2.39. The van der Waals surface area contributed by atoms with Crippen molar-refractivity contribution < 1.29 is 19.4 Å². The van der Waals surface area contributed by atoms with Crippen LogP contribution >= 0.6 is 0 Å².